The summed E-state index contributed by atoms with van der Waals surface area (Å²) in [5, 5.41) is 13.2. The second kappa shape index (κ2) is 5.55. The predicted octanol–water partition coefficient (Wildman–Crippen LogP) is 4.06. The summed E-state index contributed by atoms with van der Waals surface area (Å²) in [5.74, 6) is -0.944. The van der Waals surface area contributed by atoms with Crippen LogP contribution in [0.3, 0.4) is 0 Å². The van der Waals surface area contributed by atoms with Crippen molar-refractivity contribution in [3.05, 3.63) is 64.7 Å². The smallest absolute Gasteiger partial charge is 0.333 e. The van der Waals surface area contributed by atoms with Crippen LogP contribution in [0.4, 0.5) is 5.69 Å². The zero-order valence-electron chi connectivity index (χ0n) is 11.4. The first-order valence-electron chi connectivity index (χ1n) is 6.26. The zero-order valence-corrected chi connectivity index (χ0v) is 12.1. The Morgan fingerprint density at radius 2 is 1.65 bits per heavy atom. The number of anilines is 1. The lowest BCUT2D eigenvalue weighted by Crippen LogP contribution is -2.40. The fourth-order valence-corrected chi connectivity index (χ4v) is 2.08. The van der Waals surface area contributed by atoms with Crippen molar-refractivity contribution in [1.29, 1.82) is 0 Å². The van der Waals surface area contributed by atoms with E-state index >= 15 is 0 Å². The van der Waals surface area contributed by atoms with Gasteiger partial charge in [-0.15, -0.1) is 0 Å². The lowest BCUT2D eigenvalue weighted by Gasteiger charge is -2.28. The first-order valence-corrected chi connectivity index (χ1v) is 6.64. The molecule has 2 rings (SSSR count). The minimum absolute atomic E-state index is 0.580. The lowest BCUT2D eigenvalue weighted by molar-refractivity contribution is -0.142. The third-order valence-corrected chi connectivity index (χ3v) is 3.55. The number of carbonyl (C=O) groups is 1. The van der Waals surface area contributed by atoms with Gasteiger partial charge in [-0.3, -0.25) is 0 Å². The molecule has 0 aliphatic carbocycles. The van der Waals surface area contributed by atoms with Gasteiger partial charge in [-0.1, -0.05) is 41.4 Å². The van der Waals surface area contributed by atoms with Crippen LogP contribution in [0.2, 0.25) is 5.02 Å². The number of benzene rings is 2. The molecule has 0 aliphatic heterocycles. The summed E-state index contributed by atoms with van der Waals surface area (Å²) in [6, 6.07) is 14.4. The summed E-state index contributed by atoms with van der Waals surface area (Å²) < 4.78 is 0. The Bertz CT molecular complexity index is 607. The van der Waals surface area contributed by atoms with Crippen LogP contribution in [-0.4, -0.2) is 11.1 Å². The van der Waals surface area contributed by atoms with Crippen molar-refractivity contribution in [3.63, 3.8) is 0 Å². The van der Waals surface area contributed by atoms with Crippen molar-refractivity contribution in [2.24, 2.45) is 0 Å². The Morgan fingerprint density at radius 1 is 1.10 bits per heavy atom. The number of rotatable bonds is 4. The maximum Gasteiger partial charge on any atom is 0.333 e. The highest BCUT2D eigenvalue weighted by molar-refractivity contribution is 6.30. The average Bonchev–Trinajstić information content (AvgIpc) is 2.42. The molecular weight excluding hydrogens is 274 g/mol. The van der Waals surface area contributed by atoms with Gasteiger partial charge >= 0.3 is 5.97 Å². The molecule has 2 N–H and O–H groups in total. The molecule has 1 unspecified atom stereocenters. The fourth-order valence-electron chi connectivity index (χ4n) is 1.96. The zero-order chi connectivity index (χ0) is 14.8. The van der Waals surface area contributed by atoms with Crippen LogP contribution in [-0.2, 0) is 10.3 Å². The molecule has 3 nitrogen and oxygen atoms in total. The quantitative estimate of drug-likeness (QED) is 0.892. The van der Waals surface area contributed by atoms with Crippen LogP contribution >= 0.6 is 11.6 Å². The van der Waals surface area contributed by atoms with E-state index in [4.69, 9.17) is 11.6 Å². The number of hydrogen-bond donors (Lipinski definition) is 2. The van der Waals surface area contributed by atoms with Gasteiger partial charge in [0.05, 0.1) is 0 Å². The van der Waals surface area contributed by atoms with E-state index in [1.54, 1.807) is 31.2 Å². The van der Waals surface area contributed by atoms with E-state index in [9.17, 15) is 9.90 Å². The van der Waals surface area contributed by atoms with Gasteiger partial charge in [-0.05, 0) is 43.7 Å². The maximum atomic E-state index is 11.7. The molecular formula is C16H16ClNO2. The largest absolute Gasteiger partial charge is 0.479 e. The van der Waals surface area contributed by atoms with Crippen molar-refractivity contribution < 1.29 is 9.90 Å². The minimum Gasteiger partial charge on any atom is -0.479 e. The molecule has 2 aromatic rings. The molecule has 104 valence electrons. The predicted molar refractivity (Wildman–Crippen MR) is 81.2 cm³/mol. The van der Waals surface area contributed by atoms with E-state index < -0.39 is 11.5 Å². The second-order valence-electron chi connectivity index (χ2n) is 4.93. The van der Waals surface area contributed by atoms with E-state index in [1.807, 2.05) is 31.2 Å². The Kier molecular flexibility index (Phi) is 4.00. The second-order valence-corrected chi connectivity index (χ2v) is 5.36. The monoisotopic (exact) mass is 289 g/mol. The van der Waals surface area contributed by atoms with Gasteiger partial charge < -0.3 is 10.4 Å². The van der Waals surface area contributed by atoms with Crippen LogP contribution in [0.1, 0.15) is 18.1 Å². The van der Waals surface area contributed by atoms with Crippen molar-refractivity contribution in [2.45, 2.75) is 19.4 Å². The standard InChI is InChI=1S/C16H16ClNO2/c1-11-3-9-14(10-4-11)18-16(2,15(19)20)12-5-7-13(17)8-6-12/h3-10,18H,1-2H3,(H,19,20). The van der Waals surface area contributed by atoms with Crippen molar-refractivity contribution in [2.75, 3.05) is 5.32 Å². The van der Waals surface area contributed by atoms with Gasteiger partial charge in [0.15, 0.2) is 5.54 Å². The average molecular weight is 290 g/mol. The van der Waals surface area contributed by atoms with Crippen LogP contribution in [0, 0.1) is 6.92 Å². The molecule has 20 heavy (non-hydrogen) atoms. The molecule has 0 spiro atoms. The molecule has 0 heterocycles. The molecule has 2 aromatic carbocycles. The van der Waals surface area contributed by atoms with Gasteiger partial charge in [0, 0.05) is 10.7 Å². The molecule has 0 amide bonds. The Labute approximate surface area is 123 Å². The summed E-state index contributed by atoms with van der Waals surface area (Å²) in [7, 11) is 0. The summed E-state index contributed by atoms with van der Waals surface area (Å²) in [6.07, 6.45) is 0. The molecule has 0 radical (unpaired) electrons. The van der Waals surface area contributed by atoms with Gasteiger partial charge in [-0.2, -0.15) is 0 Å². The number of hydrogen-bond acceptors (Lipinski definition) is 2. The van der Waals surface area contributed by atoms with Crippen LogP contribution in [0.15, 0.2) is 48.5 Å². The molecule has 0 aromatic heterocycles. The number of carboxylic acids is 1. The first kappa shape index (κ1) is 14.4. The number of aliphatic carboxylic acids is 1. The van der Waals surface area contributed by atoms with E-state index in [0.29, 0.717) is 10.6 Å². The number of halogens is 1. The molecule has 0 fully saturated rings. The Hall–Kier alpha value is -2.00. The highest BCUT2D eigenvalue weighted by Gasteiger charge is 2.35. The Morgan fingerprint density at radius 3 is 2.15 bits per heavy atom. The third kappa shape index (κ3) is 2.94. The normalized spacial score (nSPS) is 13.6. The van der Waals surface area contributed by atoms with E-state index in [2.05, 4.69) is 5.32 Å². The van der Waals surface area contributed by atoms with E-state index in [-0.39, 0.29) is 0 Å². The van der Waals surface area contributed by atoms with Gasteiger partial charge in [0.1, 0.15) is 0 Å². The lowest BCUT2D eigenvalue weighted by atomic mass is 9.91. The van der Waals surface area contributed by atoms with Crippen molar-refractivity contribution in [3.8, 4) is 0 Å². The highest BCUT2D eigenvalue weighted by Crippen LogP contribution is 2.27. The summed E-state index contributed by atoms with van der Waals surface area (Å²) >= 11 is 5.85. The molecule has 4 heteroatoms. The minimum atomic E-state index is -1.21. The molecule has 0 saturated heterocycles. The summed E-state index contributed by atoms with van der Waals surface area (Å²) in [6.45, 7) is 3.62. The number of aryl methyl sites for hydroxylation is 1. The van der Waals surface area contributed by atoms with E-state index in [0.717, 1.165) is 11.3 Å². The summed E-state index contributed by atoms with van der Waals surface area (Å²) in [4.78, 5) is 11.7. The molecule has 0 saturated carbocycles. The van der Waals surface area contributed by atoms with Crippen molar-refractivity contribution in [1.82, 2.24) is 0 Å². The van der Waals surface area contributed by atoms with Gasteiger partial charge in [0.2, 0.25) is 0 Å². The van der Waals surface area contributed by atoms with Crippen molar-refractivity contribution >= 4 is 23.3 Å². The number of carboxylic acid groups (broad SMARTS) is 1. The number of nitrogens with one attached hydrogen (secondary N) is 1. The highest BCUT2D eigenvalue weighted by atomic mass is 35.5. The maximum absolute atomic E-state index is 11.7. The molecule has 0 bridgehead atoms. The van der Waals surface area contributed by atoms with Gasteiger partial charge in [-0.25, -0.2) is 4.79 Å². The van der Waals surface area contributed by atoms with Gasteiger partial charge in [0.25, 0.3) is 0 Å². The SMILES string of the molecule is Cc1ccc(NC(C)(C(=O)O)c2ccc(Cl)cc2)cc1. The van der Waals surface area contributed by atoms with E-state index in [1.165, 1.54) is 0 Å². The Balaban J connectivity index is 2.37. The molecule has 1 atom stereocenters. The summed E-state index contributed by atoms with van der Waals surface area (Å²) in [5.41, 5.74) is 1.32. The first-order chi connectivity index (χ1) is 9.41. The molecule has 0 aliphatic rings. The topological polar surface area (TPSA) is 49.3 Å². The van der Waals surface area contributed by atoms with Crippen LogP contribution in [0.25, 0.3) is 0 Å². The van der Waals surface area contributed by atoms with Crippen LogP contribution in [0.5, 0.6) is 0 Å². The van der Waals surface area contributed by atoms with Crippen LogP contribution < -0.4 is 5.32 Å². The third-order valence-electron chi connectivity index (χ3n) is 3.30. The fraction of sp³-hybridized carbons (Fsp3) is 0.188.